The van der Waals surface area contributed by atoms with Gasteiger partial charge in [-0.2, -0.15) is 0 Å². The lowest BCUT2D eigenvalue weighted by Crippen LogP contribution is -2.48. The molecule has 2 fully saturated rings. The van der Waals surface area contributed by atoms with Gasteiger partial charge in [0.1, 0.15) is 5.69 Å². The van der Waals surface area contributed by atoms with Crippen molar-refractivity contribution >= 4 is 29.7 Å². The number of fused-ring (bicyclic) bond motifs is 2. The van der Waals surface area contributed by atoms with Crippen LogP contribution in [0.3, 0.4) is 0 Å². The highest BCUT2D eigenvalue weighted by molar-refractivity contribution is 5.96. The maximum Gasteiger partial charge on any atom is 0.293 e. The fourth-order valence-electron chi connectivity index (χ4n) is 4.21. The molecule has 154 valence electrons. The zero-order chi connectivity index (χ0) is 19.5. The molecule has 2 heterocycles. The average molecular weight is 417 g/mol. The molecule has 2 bridgehead atoms. The van der Waals surface area contributed by atoms with Crippen LogP contribution in [0.2, 0.25) is 0 Å². The van der Waals surface area contributed by atoms with Crippen LogP contribution >= 0.6 is 12.4 Å². The third kappa shape index (κ3) is 5.05. The first-order chi connectivity index (χ1) is 13.6. The number of halogens is 1. The van der Waals surface area contributed by atoms with Crippen LogP contribution in [-0.2, 0) is 6.54 Å². The normalized spacial score (nSPS) is 22.4. The topological polar surface area (TPSA) is 96.3 Å². The summed E-state index contributed by atoms with van der Waals surface area (Å²) in [4.78, 5) is 23.7. The van der Waals surface area contributed by atoms with E-state index in [2.05, 4.69) is 16.0 Å². The number of hydrogen-bond acceptors (Lipinski definition) is 5. The van der Waals surface area contributed by atoms with Gasteiger partial charge in [-0.05, 0) is 43.4 Å². The van der Waals surface area contributed by atoms with Gasteiger partial charge >= 0.3 is 0 Å². The first-order valence-corrected chi connectivity index (χ1v) is 9.71. The van der Waals surface area contributed by atoms with E-state index in [1.807, 2.05) is 30.3 Å². The van der Waals surface area contributed by atoms with E-state index in [9.17, 15) is 14.9 Å². The lowest BCUT2D eigenvalue weighted by Gasteiger charge is -2.29. The molecule has 2 aromatic carbocycles. The number of hydrogen-bond donors (Lipinski definition) is 3. The van der Waals surface area contributed by atoms with Crippen molar-refractivity contribution in [1.82, 2.24) is 10.6 Å². The van der Waals surface area contributed by atoms with Crippen LogP contribution in [0, 0.1) is 10.1 Å². The molecule has 8 heteroatoms. The molecule has 4 rings (SSSR count). The Hall–Kier alpha value is -2.64. The molecule has 0 aliphatic carbocycles. The van der Waals surface area contributed by atoms with E-state index < -0.39 is 4.92 Å². The van der Waals surface area contributed by atoms with E-state index in [4.69, 9.17) is 0 Å². The van der Waals surface area contributed by atoms with Crippen molar-refractivity contribution in [3.63, 3.8) is 0 Å². The number of carbonyl (C=O) groups is 1. The molecule has 2 unspecified atom stereocenters. The van der Waals surface area contributed by atoms with Crippen molar-refractivity contribution in [2.75, 3.05) is 5.32 Å². The standard InChI is InChI=1S/C21H24N4O3.ClH/c26-21(24-18-11-16-7-8-17(12-18)23-16)15-6-9-19(20(10-15)25(27)28)22-13-14-4-2-1-3-5-14;/h1-6,9-10,16-18,22-23H,7-8,11-13H2,(H,24,26);1H. The van der Waals surface area contributed by atoms with Gasteiger partial charge in [0.25, 0.3) is 11.6 Å². The van der Waals surface area contributed by atoms with Gasteiger partial charge in [-0.25, -0.2) is 0 Å². The van der Waals surface area contributed by atoms with Crippen molar-refractivity contribution in [1.29, 1.82) is 0 Å². The molecule has 1 amide bonds. The second-order valence-corrected chi connectivity index (χ2v) is 7.61. The van der Waals surface area contributed by atoms with E-state index in [1.54, 1.807) is 12.1 Å². The van der Waals surface area contributed by atoms with Crippen molar-refractivity contribution in [2.45, 2.75) is 50.4 Å². The number of rotatable bonds is 6. The molecule has 29 heavy (non-hydrogen) atoms. The molecule has 2 aliphatic heterocycles. The Morgan fingerprint density at radius 1 is 1.10 bits per heavy atom. The summed E-state index contributed by atoms with van der Waals surface area (Å²) in [5, 5.41) is 21.2. The monoisotopic (exact) mass is 416 g/mol. The zero-order valence-electron chi connectivity index (χ0n) is 16.0. The minimum absolute atomic E-state index is 0. The first kappa shape index (κ1) is 21.1. The largest absolute Gasteiger partial charge is 0.375 e. The number of nitro groups is 1. The van der Waals surface area contributed by atoms with E-state index in [0.717, 1.165) is 31.2 Å². The molecule has 0 radical (unpaired) electrons. The Labute approximate surface area is 175 Å². The highest BCUT2D eigenvalue weighted by atomic mass is 35.5. The Morgan fingerprint density at radius 3 is 2.45 bits per heavy atom. The number of nitrogens with zero attached hydrogens (tertiary/aromatic N) is 1. The van der Waals surface area contributed by atoms with Crippen LogP contribution in [0.4, 0.5) is 11.4 Å². The Balaban J connectivity index is 0.00000240. The predicted octanol–water partition coefficient (Wildman–Crippen LogP) is 3.64. The molecule has 0 spiro atoms. The van der Waals surface area contributed by atoms with Crippen LogP contribution in [0.1, 0.15) is 41.6 Å². The molecule has 2 aromatic rings. The Kier molecular flexibility index (Phi) is 6.71. The first-order valence-electron chi connectivity index (χ1n) is 9.71. The Bertz CT molecular complexity index is 865. The molecule has 2 saturated heterocycles. The minimum Gasteiger partial charge on any atom is -0.375 e. The van der Waals surface area contributed by atoms with Gasteiger partial charge in [0, 0.05) is 36.3 Å². The Morgan fingerprint density at radius 2 is 1.79 bits per heavy atom. The fourth-order valence-corrected chi connectivity index (χ4v) is 4.21. The van der Waals surface area contributed by atoms with Crippen LogP contribution in [0.5, 0.6) is 0 Å². The molecule has 7 nitrogen and oxygen atoms in total. The van der Waals surface area contributed by atoms with Gasteiger partial charge in [0.15, 0.2) is 0 Å². The lowest BCUT2D eigenvalue weighted by atomic mass is 9.99. The van der Waals surface area contributed by atoms with Crippen LogP contribution in [-0.4, -0.2) is 29.0 Å². The smallest absolute Gasteiger partial charge is 0.293 e. The van der Waals surface area contributed by atoms with Gasteiger partial charge in [-0.15, -0.1) is 12.4 Å². The quantitative estimate of drug-likeness (QED) is 0.493. The number of carbonyl (C=O) groups excluding carboxylic acids is 1. The summed E-state index contributed by atoms with van der Waals surface area (Å²) in [7, 11) is 0. The number of amides is 1. The van der Waals surface area contributed by atoms with Gasteiger partial charge in [0.2, 0.25) is 0 Å². The number of anilines is 1. The average Bonchev–Trinajstić information content (AvgIpc) is 3.05. The summed E-state index contributed by atoms with van der Waals surface area (Å²) >= 11 is 0. The van der Waals surface area contributed by atoms with Gasteiger partial charge in [-0.3, -0.25) is 14.9 Å². The van der Waals surface area contributed by atoms with E-state index in [1.165, 1.54) is 6.07 Å². The third-order valence-corrected chi connectivity index (χ3v) is 5.59. The second-order valence-electron chi connectivity index (χ2n) is 7.61. The van der Waals surface area contributed by atoms with Crippen molar-refractivity contribution in [3.05, 3.63) is 69.8 Å². The fraction of sp³-hybridized carbons (Fsp3) is 0.381. The number of nitrogens with one attached hydrogen (secondary N) is 3. The lowest BCUT2D eigenvalue weighted by molar-refractivity contribution is -0.384. The number of benzene rings is 2. The van der Waals surface area contributed by atoms with E-state index >= 15 is 0 Å². The number of nitro benzene ring substituents is 1. The summed E-state index contributed by atoms with van der Waals surface area (Å²) in [5.74, 6) is -0.246. The molecule has 0 aromatic heterocycles. The molecule has 2 atom stereocenters. The second kappa shape index (κ2) is 9.24. The van der Waals surface area contributed by atoms with Gasteiger partial charge in [-0.1, -0.05) is 30.3 Å². The maximum absolute atomic E-state index is 12.6. The minimum atomic E-state index is -0.450. The van der Waals surface area contributed by atoms with Crippen molar-refractivity contribution in [2.24, 2.45) is 0 Å². The highest BCUT2D eigenvalue weighted by Gasteiger charge is 2.34. The summed E-state index contributed by atoms with van der Waals surface area (Å²) in [6.07, 6.45) is 4.15. The van der Waals surface area contributed by atoms with E-state index in [0.29, 0.717) is 29.9 Å². The van der Waals surface area contributed by atoms with Gasteiger partial charge in [0.05, 0.1) is 4.92 Å². The summed E-state index contributed by atoms with van der Waals surface area (Å²) in [6.45, 7) is 0.477. The maximum atomic E-state index is 12.6. The van der Waals surface area contributed by atoms with Crippen molar-refractivity contribution < 1.29 is 9.72 Å². The predicted molar refractivity (Wildman–Crippen MR) is 115 cm³/mol. The SMILES string of the molecule is Cl.O=C(NC1CC2CCC(C1)N2)c1ccc(NCc2ccccc2)c([N+](=O)[O-])c1. The molecule has 0 saturated carbocycles. The zero-order valence-corrected chi connectivity index (χ0v) is 16.8. The highest BCUT2D eigenvalue weighted by Crippen LogP contribution is 2.28. The summed E-state index contributed by atoms with van der Waals surface area (Å²) < 4.78 is 0. The number of piperidine rings is 1. The summed E-state index contributed by atoms with van der Waals surface area (Å²) in [6, 6.07) is 15.4. The molecular formula is C21H25ClN4O3. The summed E-state index contributed by atoms with van der Waals surface area (Å²) in [5.41, 5.74) is 1.67. The van der Waals surface area contributed by atoms with Crippen LogP contribution in [0.25, 0.3) is 0 Å². The van der Waals surface area contributed by atoms with E-state index in [-0.39, 0.29) is 30.0 Å². The molecule has 2 aliphatic rings. The van der Waals surface area contributed by atoms with Gasteiger partial charge < -0.3 is 16.0 Å². The van der Waals surface area contributed by atoms with Crippen LogP contribution in [0.15, 0.2) is 48.5 Å². The third-order valence-electron chi connectivity index (χ3n) is 5.59. The molecular weight excluding hydrogens is 392 g/mol. The van der Waals surface area contributed by atoms with Crippen LogP contribution < -0.4 is 16.0 Å². The van der Waals surface area contributed by atoms with Crippen molar-refractivity contribution in [3.8, 4) is 0 Å². The molecule has 3 N–H and O–H groups in total.